The van der Waals surface area contributed by atoms with Gasteiger partial charge in [-0.15, -0.1) is 0 Å². The zero-order chi connectivity index (χ0) is 9.40. The summed E-state index contributed by atoms with van der Waals surface area (Å²) in [6.07, 6.45) is 7.69. The van der Waals surface area contributed by atoms with Crippen molar-refractivity contribution in [1.82, 2.24) is 5.32 Å². The Morgan fingerprint density at radius 2 is 2.08 bits per heavy atom. The van der Waals surface area contributed by atoms with Crippen molar-refractivity contribution in [3.8, 4) is 0 Å². The van der Waals surface area contributed by atoms with Crippen LogP contribution in [0, 0.1) is 0 Å². The third-order valence-electron chi connectivity index (χ3n) is 1.43. The van der Waals surface area contributed by atoms with Crippen molar-refractivity contribution in [2.75, 3.05) is 6.54 Å². The summed E-state index contributed by atoms with van der Waals surface area (Å²) in [5, 5.41) is 3.21. The van der Waals surface area contributed by atoms with Gasteiger partial charge in [-0.3, -0.25) is 0 Å². The molecule has 1 N–H and O–H groups in total. The van der Waals surface area contributed by atoms with E-state index in [1.807, 2.05) is 25.2 Å². The molecule has 0 aromatic carbocycles. The van der Waals surface area contributed by atoms with E-state index >= 15 is 0 Å². The van der Waals surface area contributed by atoms with Crippen LogP contribution < -0.4 is 5.32 Å². The highest BCUT2D eigenvalue weighted by molar-refractivity contribution is 5.30. The topological polar surface area (TPSA) is 12.0 Å². The van der Waals surface area contributed by atoms with E-state index in [2.05, 4.69) is 25.4 Å². The second-order valence-corrected chi connectivity index (χ2v) is 2.39. The maximum absolute atomic E-state index is 3.78. The minimum atomic E-state index is 0.923. The summed E-state index contributed by atoms with van der Waals surface area (Å²) in [5.74, 6) is 0. The Labute approximate surface area is 75.2 Å². The zero-order valence-electron chi connectivity index (χ0n) is 7.93. The maximum atomic E-state index is 3.78. The van der Waals surface area contributed by atoms with Gasteiger partial charge in [0, 0.05) is 12.2 Å². The molecule has 0 atom stereocenters. The molecular formula is C11H17N. The molecule has 0 unspecified atom stereocenters. The Balaban J connectivity index is 4.11. The van der Waals surface area contributed by atoms with E-state index in [9.17, 15) is 0 Å². The van der Waals surface area contributed by atoms with Gasteiger partial charge < -0.3 is 5.32 Å². The molecule has 66 valence electrons. The summed E-state index contributed by atoms with van der Waals surface area (Å²) < 4.78 is 0. The number of rotatable bonds is 5. The van der Waals surface area contributed by atoms with Crippen molar-refractivity contribution in [3.63, 3.8) is 0 Å². The van der Waals surface area contributed by atoms with Crippen LogP contribution in [0.5, 0.6) is 0 Å². The fraction of sp³-hybridized carbons (Fsp3) is 0.273. The highest BCUT2D eigenvalue weighted by atomic mass is 14.9. The first kappa shape index (κ1) is 10.8. The highest BCUT2D eigenvalue weighted by Gasteiger charge is 1.85. The molecule has 0 radical (unpaired) electrons. The molecule has 0 fully saturated rings. The van der Waals surface area contributed by atoms with Crippen LogP contribution in [0.15, 0.2) is 48.7 Å². The molecule has 0 saturated heterocycles. The smallest absolute Gasteiger partial charge is 0.0296 e. The van der Waals surface area contributed by atoms with Gasteiger partial charge in [0.1, 0.15) is 0 Å². The Morgan fingerprint density at radius 3 is 2.50 bits per heavy atom. The van der Waals surface area contributed by atoms with Gasteiger partial charge >= 0.3 is 0 Å². The van der Waals surface area contributed by atoms with Gasteiger partial charge in [0.15, 0.2) is 0 Å². The molecule has 1 nitrogen and oxygen atoms in total. The Bertz CT molecular complexity index is 209. The zero-order valence-corrected chi connectivity index (χ0v) is 7.93. The standard InChI is InChI=1S/C11H17N/c1-5-10(4)8-9-11(6-2)12-7-3/h5-6,8-9,12H,1,4,7H2,2-3H3/b9-8-,11-6+. The molecule has 0 aromatic rings. The van der Waals surface area contributed by atoms with Crippen LogP contribution in [-0.4, -0.2) is 6.54 Å². The molecular weight excluding hydrogens is 146 g/mol. The lowest BCUT2D eigenvalue weighted by Crippen LogP contribution is -2.09. The predicted molar refractivity (Wildman–Crippen MR) is 55.9 cm³/mol. The first-order valence-corrected chi connectivity index (χ1v) is 4.14. The van der Waals surface area contributed by atoms with Crippen LogP contribution in [0.3, 0.4) is 0 Å². The van der Waals surface area contributed by atoms with Gasteiger partial charge in [0.2, 0.25) is 0 Å². The quantitative estimate of drug-likeness (QED) is 0.614. The molecule has 0 rings (SSSR count). The summed E-state index contributed by atoms with van der Waals surface area (Å²) >= 11 is 0. The Kier molecular flexibility index (Phi) is 5.80. The van der Waals surface area contributed by atoms with Crippen LogP contribution in [-0.2, 0) is 0 Å². The van der Waals surface area contributed by atoms with Crippen LogP contribution >= 0.6 is 0 Å². The monoisotopic (exact) mass is 163 g/mol. The van der Waals surface area contributed by atoms with E-state index in [0.29, 0.717) is 0 Å². The Hall–Kier alpha value is -1.24. The normalized spacial score (nSPS) is 11.7. The summed E-state index contributed by atoms with van der Waals surface area (Å²) in [4.78, 5) is 0. The fourth-order valence-electron chi connectivity index (χ4n) is 0.726. The largest absolute Gasteiger partial charge is 0.386 e. The predicted octanol–water partition coefficient (Wildman–Crippen LogP) is 2.80. The average Bonchev–Trinajstić information content (AvgIpc) is 2.11. The van der Waals surface area contributed by atoms with Crippen molar-refractivity contribution >= 4 is 0 Å². The molecule has 0 saturated carbocycles. The van der Waals surface area contributed by atoms with Crippen LogP contribution in [0.25, 0.3) is 0 Å². The summed E-state index contributed by atoms with van der Waals surface area (Å²) in [7, 11) is 0. The minimum absolute atomic E-state index is 0.923. The molecule has 1 heteroatoms. The van der Waals surface area contributed by atoms with Crippen molar-refractivity contribution in [2.24, 2.45) is 0 Å². The van der Waals surface area contributed by atoms with Crippen LogP contribution in [0.1, 0.15) is 13.8 Å². The number of nitrogens with one attached hydrogen (secondary N) is 1. The van der Waals surface area contributed by atoms with E-state index in [-0.39, 0.29) is 0 Å². The maximum Gasteiger partial charge on any atom is 0.0296 e. The lowest BCUT2D eigenvalue weighted by Gasteiger charge is -2.01. The van der Waals surface area contributed by atoms with Crippen molar-refractivity contribution in [2.45, 2.75) is 13.8 Å². The third-order valence-corrected chi connectivity index (χ3v) is 1.43. The van der Waals surface area contributed by atoms with Crippen molar-refractivity contribution in [3.05, 3.63) is 48.7 Å². The highest BCUT2D eigenvalue weighted by Crippen LogP contribution is 1.97. The van der Waals surface area contributed by atoms with E-state index in [1.54, 1.807) is 6.08 Å². The number of hydrogen-bond donors (Lipinski definition) is 1. The Morgan fingerprint density at radius 1 is 1.42 bits per heavy atom. The minimum Gasteiger partial charge on any atom is -0.386 e. The molecule has 0 amide bonds. The van der Waals surface area contributed by atoms with Gasteiger partial charge in [-0.2, -0.15) is 0 Å². The van der Waals surface area contributed by atoms with Gasteiger partial charge in [-0.05, 0) is 25.5 Å². The van der Waals surface area contributed by atoms with E-state index in [1.165, 1.54) is 0 Å². The summed E-state index contributed by atoms with van der Waals surface area (Å²) in [6.45, 7) is 12.4. The molecule has 0 aromatic heterocycles. The second-order valence-electron chi connectivity index (χ2n) is 2.39. The van der Waals surface area contributed by atoms with Crippen molar-refractivity contribution < 1.29 is 0 Å². The van der Waals surface area contributed by atoms with Gasteiger partial charge in [-0.1, -0.05) is 31.4 Å². The summed E-state index contributed by atoms with van der Waals surface area (Å²) in [6, 6.07) is 0. The lowest BCUT2D eigenvalue weighted by atomic mass is 10.2. The number of hydrogen-bond acceptors (Lipinski definition) is 1. The molecule has 0 bridgehead atoms. The molecule has 12 heavy (non-hydrogen) atoms. The summed E-state index contributed by atoms with van der Waals surface area (Å²) in [5.41, 5.74) is 2.03. The first-order valence-electron chi connectivity index (χ1n) is 4.14. The van der Waals surface area contributed by atoms with Gasteiger partial charge in [0.05, 0.1) is 0 Å². The van der Waals surface area contributed by atoms with Crippen LogP contribution in [0.4, 0.5) is 0 Å². The SMILES string of the molecule is C=CC(=C)/C=C\C(=C/C)NCC. The van der Waals surface area contributed by atoms with Gasteiger partial charge in [-0.25, -0.2) is 0 Å². The molecule has 0 aliphatic heterocycles. The second kappa shape index (κ2) is 6.47. The molecule has 0 aliphatic rings. The third kappa shape index (κ3) is 4.56. The van der Waals surface area contributed by atoms with Gasteiger partial charge in [0.25, 0.3) is 0 Å². The fourth-order valence-corrected chi connectivity index (χ4v) is 0.726. The van der Waals surface area contributed by atoms with E-state index in [0.717, 1.165) is 17.8 Å². The molecule has 0 aliphatic carbocycles. The first-order chi connectivity index (χ1) is 5.74. The van der Waals surface area contributed by atoms with E-state index in [4.69, 9.17) is 0 Å². The van der Waals surface area contributed by atoms with E-state index < -0.39 is 0 Å². The number of allylic oxidation sites excluding steroid dienone is 5. The van der Waals surface area contributed by atoms with Crippen molar-refractivity contribution in [1.29, 1.82) is 0 Å². The molecule has 0 heterocycles. The number of likely N-dealkylation sites (N-methyl/N-ethyl adjacent to an activating group) is 1. The molecule has 0 spiro atoms. The van der Waals surface area contributed by atoms with Crippen LogP contribution in [0.2, 0.25) is 0 Å². The average molecular weight is 163 g/mol. The lowest BCUT2D eigenvalue weighted by molar-refractivity contribution is 0.876.